The molecule has 0 atom stereocenters. The zero-order chi connectivity index (χ0) is 19.6. The molecule has 1 aromatic heterocycles. The lowest BCUT2D eigenvalue weighted by Gasteiger charge is -2.11. The smallest absolute Gasteiger partial charge is 0.344 e. The molecule has 0 aliphatic carbocycles. The average Bonchev–Trinajstić information content (AvgIpc) is 2.67. The number of benzene rings is 1. The van der Waals surface area contributed by atoms with Gasteiger partial charge in [0.1, 0.15) is 5.56 Å². The monoisotopic (exact) mass is 372 g/mol. The molecule has 8 heteroatoms. The normalized spacial score (nSPS) is 10.0. The summed E-state index contributed by atoms with van der Waals surface area (Å²) in [5.74, 6) is -1.75. The van der Waals surface area contributed by atoms with Crippen LogP contribution in [0.15, 0.2) is 42.6 Å². The summed E-state index contributed by atoms with van der Waals surface area (Å²) in [6.07, 6.45) is 1.49. The third-order valence-corrected chi connectivity index (χ3v) is 3.30. The molecule has 0 aliphatic rings. The van der Waals surface area contributed by atoms with Gasteiger partial charge in [0.15, 0.2) is 6.61 Å². The number of rotatable bonds is 8. The molecule has 0 radical (unpaired) electrons. The van der Waals surface area contributed by atoms with Crippen molar-refractivity contribution < 1.29 is 28.6 Å². The summed E-state index contributed by atoms with van der Waals surface area (Å²) in [4.78, 5) is 40.1. The average molecular weight is 372 g/mol. The lowest BCUT2D eigenvalue weighted by molar-refractivity contribution is -0.119. The van der Waals surface area contributed by atoms with Crippen LogP contribution in [-0.4, -0.2) is 42.7 Å². The number of hydrogen-bond donors (Lipinski definition) is 1. The number of hydrogen-bond acceptors (Lipinski definition) is 7. The number of aromatic nitrogens is 1. The van der Waals surface area contributed by atoms with Crippen molar-refractivity contribution in [2.75, 3.05) is 25.1 Å². The highest BCUT2D eigenvalue weighted by Crippen LogP contribution is 2.17. The van der Waals surface area contributed by atoms with Gasteiger partial charge in [-0.25, -0.2) is 14.6 Å². The van der Waals surface area contributed by atoms with Gasteiger partial charge in [0, 0.05) is 6.20 Å². The second-order valence-corrected chi connectivity index (χ2v) is 5.18. The third-order valence-electron chi connectivity index (χ3n) is 3.30. The van der Waals surface area contributed by atoms with E-state index in [0.29, 0.717) is 6.61 Å². The maximum Gasteiger partial charge on any atom is 0.344 e. The van der Waals surface area contributed by atoms with Gasteiger partial charge in [0.25, 0.3) is 5.91 Å². The summed E-state index contributed by atoms with van der Waals surface area (Å²) in [6.45, 7) is 3.47. The fourth-order valence-corrected chi connectivity index (χ4v) is 2.17. The van der Waals surface area contributed by atoms with Crippen LogP contribution in [-0.2, 0) is 14.3 Å². The van der Waals surface area contributed by atoms with E-state index >= 15 is 0 Å². The van der Waals surface area contributed by atoms with Gasteiger partial charge >= 0.3 is 11.9 Å². The van der Waals surface area contributed by atoms with E-state index in [1.54, 1.807) is 38.1 Å². The van der Waals surface area contributed by atoms with Crippen LogP contribution in [0.5, 0.6) is 5.88 Å². The van der Waals surface area contributed by atoms with E-state index < -0.39 is 24.5 Å². The number of para-hydroxylation sites is 1. The Morgan fingerprint density at radius 1 is 0.926 bits per heavy atom. The molecule has 0 bridgehead atoms. The van der Waals surface area contributed by atoms with Gasteiger partial charge in [0.2, 0.25) is 5.88 Å². The predicted octanol–water partition coefficient (Wildman–Crippen LogP) is 2.45. The maximum absolute atomic E-state index is 12.2. The quantitative estimate of drug-likeness (QED) is 0.710. The standard InChI is InChI=1S/C19H20N2O6/c1-3-25-17-14(9-7-11-20-17)19(24)27-12-16(22)21-15-10-6-5-8-13(15)18(23)26-4-2/h5-11H,3-4,12H2,1-2H3,(H,21,22). The van der Waals surface area contributed by atoms with E-state index in [9.17, 15) is 14.4 Å². The SMILES string of the molecule is CCOC(=O)c1ccccc1NC(=O)COC(=O)c1cccnc1OCC. The van der Waals surface area contributed by atoms with Crippen LogP contribution in [0.25, 0.3) is 0 Å². The molecule has 1 heterocycles. The molecule has 0 fully saturated rings. The zero-order valence-corrected chi connectivity index (χ0v) is 15.1. The summed E-state index contributed by atoms with van der Waals surface area (Å²) in [7, 11) is 0. The van der Waals surface area contributed by atoms with Crippen LogP contribution in [0, 0.1) is 0 Å². The molecular formula is C19H20N2O6. The van der Waals surface area contributed by atoms with Crippen molar-refractivity contribution in [3.05, 3.63) is 53.7 Å². The number of esters is 2. The van der Waals surface area contributed by atoms with Crippen LogP contribution in [0.4, 0.5) is 5.69 Å². The molecule has 2 rings (SSSR count). The molecule has 0 aliphatic heterocycles. The highest BCUT2D eigenvalue weighted by atomic mass is 16.5. The number of ether oxygens (including phenoxy) is 3. The van der Waals surface area contributed by atoms with E-state index in [0.717, 1.165) is 0 Å². The minimum atomic E-state index is -0.736. The minimum Gasteiger partial charge on any atom is -0.477 e. The number of carbonyl (C=O) groups is 3. The van der Waals surface area contributed by atoms with E-state index in [1.807, 2.05) is 0 Å². The van der Waals surface area contributed by atoms with Crippen molar-refractivity contribution >= 4 is 23.5 Å². The van der Waals surface area contributed by atoms with Crippen molar-refractivity contribution in [2.45, 2.75) is 13.8 Å². The van der Waals surface area contributed by atoms with Crippen LogP contribution >= 0.6 is 0 Å². The van der Waals surface area contributed by atoms with Gasteiger partial charge in [0.05, 0.1) is 24.5 Å². The van der Waals surface area contributed by atoms with Gasteiger partial charge in [-0.1, -0.05) is 12.1 Å². The van der Waals surface area contributed by atoms with E-state index in [-0.39, 0.29) is 29.3 Å². The zero-order valence-electron chi connectivity index (χ0n) is 15.1. The summed E-state index contributed by atoms with van der Waals surface area (Å²) < 4.78 is 15.2. The van der Waals surface area contributed by atoms with Crippen LogP contribution in [0.2, 0.25) is 0 Å². The lowest BCUT2D eigenvalue weighted by atomic mass is 10.2. The first-order chi connectivity index (χ1) is 13.1. The van der Waals surface area contributed by atoms with Crippen LogP contribution in [0.1, 0.15) is 34.6 Å². The topological polar surface area (TPSA) is 104 Å². The Hall–Kier alpha value is -3.42. The van der Waals surface area contributed by atoms with Gasteiger partial charge in [-0.2, -0.15) is 0 Å². The van der Waals surface area contributed by atoms with Crippen molar-refractivity contribution in [1.82, 2.24) is 4.98 Å². The van der Waals surface area contributed by atoms with Crippen molar-refractivity contribution in [1.29, 1.82) is 0 Å². The van der Waals surface area contributed by atoms with E-state index in [1.165, 1.54) is 18.3 Å². The fourth-order valence-electron chi connectivity index (χ4n) is 2.17. The molecule has 0 saturated heterocycles. The summed E-state index contributed by atoms with van der Waals surface area (Å²) >= 11 is 0. The van der Waals surface area contributed by atoms with Gasteiger partial charge in [-0.05, 0) is 38.1 Å². The van der Waals surface area contributed by atoms with Gasteiger partial charge in [-0.15, -0.1) is 0 Å². The maximum atomic E-state index is 12.2. The molecule has 0 saturated carbocycles. The Bertz CT molecular complexity index is 821. The Morgan fingerprint density at radius 3 is 2.37 bits per heavy atom. The molecule has 8 nitrogen and oxygen atoms in total. The Balaban J connectivity index is 1.99. The molecule has 1 N–H and O–H groups in total. The minimum absolute atomic E-state index is 0.124. The number of nitrogens with one attached hydrogen (secondary N) is 1. The molecule has 0 spiro atoms. The Labute approximate surface area is 156 Å². The third kappa shape index (κ3) is 5.53. The molecule has 142 valence electrons. The molecule has 1 aromatic carbocycles. The second kappa shape index (κ2) is 9.91. The molecule has 2 aromatic rings. The Morgan fingerprint density at radius 2 is 1.63 bits per heavy atom. The predicted molar refractivity (Wildman–Crippen MR) is 96.7 cm³/mol. The largest absolute Gasteiger partial charge is 0.477 e. The van der Waals surface area contributed by atoms with Crippen LogP contribution < -0.4 is 10.1 Å². The van der Waals surface area contributed by atoms with E-state index in [4.69, 9.17) is 14.2 Å². The van der Waals surface area contributed by atoms with Gasteiger partial charge in [-0.3, -0.25) is 4.79 Å². The molecule has 0 unspecified atom stereocenters. The number of anilines is 1. The first kappa shape index (κ1) is 19.9. The van der Waals surface area contributed by atoms with Gasteiger partial charge < -0.3 is 19.5 Å². The summed E-state index contributed by atoms with van der Waals surface area (Å²) in [6, 6.07) is 9.46. The van der Waals surface area contributed by atoms with Crippen LogP contribution in [0.3, 0.4) is 0 Å². The molecule has 27 heavy (non-hydrogen) atoms. The van der Waals surface area contributed by atoms with Crippen molar-refractivity contribution in [2.24, 2.45) is 0 Å². The first-order valence-corrected chi connectivity index (χ1v) is 8.37. The second-order valence-electron chi connectivity index (χ2n) is 5.18. The Kier molecular flexibility index (Phi) is 7.30. The molecular weight excluding hydrogens is 352 g/mol. The molecule has 1 amide bonds. The number of nitrogens with zero attached hydrogens (tertiary/aromatic N) is 1. The fraction of sp³-hybridized carbons (Fsp3) is 0.263. The summed E-state index contributed by atoms with van der Waals surface area (Å²) in [5, 5.41) is 2.53. The first-order valence-electron chi connectivity index (χ1n) is 8.37. The number of pyridine rings is 1. The highest BCUT2D eigenvalue weighted by molar-refractivity contribution is 6.02. The number of carbonyl (C=O) groups excluding carboxylic acids is 3. The van der Waals surface area contributed by atoms with E-state index in [2.05, 4.69) is 10.3 Å². The number of amides is 1. The lowest BCUT2D eigenvalue weighted by Crippen LogP contribution is -2.22. The summed E-state index contributed by atoms with van der Waals surface area (Å²) in [5.41, 5.74) is 0.609. The van der Waals surface area contributed by atoms with Crippen molar-refractivity contribution in [3.8, 4) is 5.88 Å². The highest BCUT2D eigenvalue weighted by Gasteiger charge is 2.18. The van der Waals surface area contributed by atoms with Crippen molar-refractivity contribution in [3.63, 3.8) is 0 Å².